The number of amides is 1. The van der Waals surface area contributed by atoms with E-state index in [1.165, 1.54) is 4.68 Å². The molecule has 0 saturated heterocycles. The second-order valence-corrected chi connectivity index (χ2v) is 6.26. The molecule has 1 aromatic heterocycles. The zero-order valence-electron chi connectivity index (χ0n) is 14.3. The number of halogens is 1. The highest BCUT2D eigenvalue weighted by Crippen LogP contribution is 2.09. The van der Waals surface area contributed by atoms with Gasteiger partial charge in [0.05, 0.1) is 23.7 Å². The fourth-order valence-electron chi connectivity index (χ4n) is 2.58. The molecule has 24 heavy (non-hydrogen) atoms. The van der Waals surface area contributed by atoms with E-state index in [1.807, 2.05) is 32.0 Å². The lowest BCUT2D eigenvalue weighted by molar-refractivity contribution is -0.126. The fraction of sp³-hybridized carbons (Fsp3) is 0.471. The van der Waals surface area contributed by atoms with Gasteiger partial charge in [-0.1, -0.05) is 31.5 Å². The average Bonchev–Trinajstić information content (AvgIpc) is 2.50. The molecule has 1 heterocycles. The monoisotopic (exact) mass is 352 g/mol. The summed E-state index contributed by atoms with van der Waals surface area (Å²) in [4.78, 5) is 24.6. The molecule has 0 aliphatic carbocycles. The standard InChI is InChI=1S/C17H24N4O2.ClH/c1-4-9-17(3,18)16(23)20-12(2)11-21-15(22)14-8-6-5-7-13(14)10-19-21;/h5-8,10,12H,4,9,11,18H2,1-3H3,(H,20,23);1H. The van der Waals surface area contributed by atoms with Gasteiger partial charge in [0.2, 0.25) is 5.91 Å². The largest absolute Gasteiger partial charge is 0.350 e. The summed E-state index contributed by atoms with van der Waals surface area (Å²) in [6, 6.07) is 7.07. The Bertz CT molecular complexity index is 758. The quantitative estimate of drug-likeness (QED) is 0.830. The van der Waals surface area contributed by atoms with Crippen molar-refractivity contribution in [3.05, 3.63) is 40.8 Å². The number of carbonyl (C=O) groups is 1. The van der Waals surface area contributed by atoms with Crippen molar-refractivity contribution in [2.45, 2.75) is 51.7 Å². The molecule has 3 N–H and O–H groups in total. The van der Waals surface area contributed by atoms with E-state index in [4.69, 9.17) is 5.73 Å². The van der Waals surface area contributed by atoms with Crippen LogP contribution in [0.4, 0.5) is 0 Å². The molecule has 6 nitrogen and oxygen atoms in total. The van der Waals surface area contributed by atoms with Gasteiger partial charge in [-0.2, -0.15) is 5.10 Å². The summed E-state index contributed by atoms with van der Waals surface area (Å²) in [5, 5.41) is 8.47. The van der Waals surface area contributed by atoms with Gasteiger partial charge >= 0.3 is 0 Å². The fourth-order valence-corrected chi connectivity index (χ4v) is 2.58. The molecule has 2 aromatic rings. The highest BCUT2D eigenvalue weighted by atomic mass is 35.5. The number of nitrogens with zero attached hydrogens (tertiary/aromatic N) is 2. The molecular formula is C17H25ClN4O2. The summed E-state index contributed by atoms with van der Waals surface area (Å²) in [5.41, 5.74) is 4.96. The SMILES string of the molecule is CCCC(C)(N)C(=O)NC(C)Cn1ncc2ccccc2c1=O.Cl. The van der Waals surface area contributed by atoms with Crippen LogP contribution in [-0.4, -0.2) is 27.3 Å². The molecule has 2 unspecified atom stereocenters. The van der Waals surface area contributed by atoms with Crippen LogP contribution in [0.1, 0.15) is 33.6 Å². The van der Waals surface area contributed by atoms with Gasteiger partial charge in [-0.3, -0.25) is 9.59 Å². The molecule has 0 aliphatic heterocycles. The second kappa shape index (κ2) is 8.26. The van der Waals surface area contributed by atoms with E-state index >= 15 is 0 Å². The Balaban J connectivity index is 0.00000288. The molecule has 1 amide bonds. The molecule has 0 fully saturated rings. The van der Waals surface area contributed by atoms with Crippen molar-refractivity contribution in [3.63, 3.8) is 0 Å². The van der Waals surface area contributed by atoms with Crippen molar-refractivity contribution in [1.82, 2.24) is 15.1 Å². The van der Waals surface area contributed by atoms with E-state index in [0.29, 0.717) is 18.4 Å². The number of carbonyl (C=O) groups excluding carboxylic acids is 1. The molecule has 0 saturated carbocycles. The van der Waals surface area contributed by atoms with E-state index in [0.717, 1.165) is 11.8 Å². The van der Waals surface area contributed by atoms with Crippen molar-refractivity contribution >= 4 is 29.1 Å². The number of fused-ring (bicyclic) bond motifs is 1. The number of nitrogens with two attached hydrogens (primary N) is 1. The molecule has 132 valence electrons. The molecule has 2 atom stereocenters. The maximum atomic E-state index is 12.4. The first kappa shape index (κ1) is 20.1. The lowest BCUT2D eigenvalue weighted by Gasteiger charge is -2.25. The minimum atomic E-state index is -0.898. The predicted molar refractivity (Wildman–Crippen MR) is 98.4 cm³/mol. The number of nitrogens with one attached hydrogen (secondary N) is 1. The van der Waals surface area contributed by atoms with Gasteiger partial charge in [0.1, 0.15) is 0 Å². The molecule has 0 bridgehead atoms. The van der Waals surface area contributed by atoms with Crippen LogP contribution in [0, 0.1) is 0 Å². The van der Waals surface area contributed by atoms with Crippen molar-refractivity contribution in [3.8, 4) is 0 Å². The van der Waals surface area contributed by atoms with E-state index < -0.39 is 5.54 Å². The number of aromatic nitrogens is 2. The number of hydrogen-bond donors (Lipinski definition) is 2. The summed E-state index contributed by atoms with van der Waals surface area (Å²) in [6.07, 6.45) is 3.11. The van der Waals surface area contributed by atoms with Gasteiger partial charge in [-0.25, -0.2) is 4.68 Å². The summed E-state index contributed by atoms with van der Waals surface area (Å²) >= 11 is 0. The van der Waals surface area contributed by atoms with Gasteiger partial charge in [-0.15, -0.1) is 12.4 Å². The van der Waals surface area contributed by atoms with Gasteiger partial charge in [-0.05, 0) is 26.3 Å². The Labute approximate surface area is 147 Å². The minimum Gasteiger partial charge on any atom is -0.350 e. The molecule has 0 radical (unpaired) electrons. The topological polar surface area (TPSA) is 90.0 Å². The maximum Gasteiger partial charge on any atom is 0.274 e. The third kappa shape index (κ3) is 4.55. The summed E-state index contributed by atoms with van der Waals surface area (Å²) in [6.45, 7) is 5.85. The van der Waals surface area contributed by atoms with Crippen molar-refractivity contribution < 1.29 is 4.79 Å². The zero-order valence-corrected chi connectivity index (χ0v) is 15.1. The lowest BCUT2D eigenvalue weighted by Crippen LogP contribution is -2.54. The molecule has 1 aromatic carbocycles. The zero-order chi connectivity index (χ0) is 17.0. The van der Waals surface area contributed by atoms with E-state index in [1.54, 1.807) is 19.2 Å². The van der Waals surface area contributed by atoms with Crippen molar-refractivity contribution in [2.75, 3.05) is 0 Å². The molecular weight excluding hydrogens is 328 g/mol. The molecule has 2 rings (SSSR count). The molecule has 0 spiro atoms. The summed E-state index contributed by atoms with van der Waals surface area (Å²) in [5.74, 6) is -0.208. The van der Waals surface area contributed by atoms with Gasteiger partial charge in [0.15, 0.2) is 0 Å². The van der Waals surface area contributed by atoms with Gasteiger partial charge in [0, 0.05) is 11.4 Å². The van der Waals surface area contributed by atoms with Crippen LogP contribution in [-0.2, 0) is 11.3 Å². The minimum absolute atomic E-state index is 0. The Kier molecular flexibility index (Phi) is 6.93. The number of rotatable bonds is 6. The Hall–Kier alpha value is -1.92. The lowest BCUT2D eigenvalue weighted by atomic mass is 9.96. The van der Waals surface area contributed by atoms with Crippen molar-refractivity contribution in [1.29, 1.82) is 0 Å². The van der Waals surface area contributed by atoms with Crippen LogP contribution in [0.3, 0.4) is 0 Å². The van der Waals surface area contributed by atoms with E-state index in [2.05, 4.69) is 10.4 Å². The Morgan fingerprint density at radius 3 is 2.75 bits per heavy atom. The first-order valence-electron chi connectivity index (χ1n) is 7.90. The molecule has 7 heteroatoms. The highest BCUT2D eigenvalue weighted by molar-refractivity contribution is 5.86. The average molecular weight is 353 g/mol. The first-order valence-corrected chi connectivity index (χ1v) is 7.90. The highest BCUT2D eigenvalue weighted by Gasteiger charge is 2.28. The number of benzene rings is 1. The third-order valence-electron chi connectivity index (χ3n) is 3.87. The smallest absolute Gasteiger partial charge is 0.274 e. The van der Waals surface area contributed by atoms with Crippen LogP contribution in [0.2, 0.25) is 0 Å². The number of hydrogen-bond acceptors (Lipinski definition) is 4. The summed E-state index contributed by atoms with van der Waals surface area (Å²) < 4.78 is 1.38. The van der Waals surface area contributed by atoms with Gasteiger partial charge < -0.3 is 11.1 Å². The Morgan fingerprint density at radius 2 is 2.08 bits per heavy atom. The van der Waals surface area contributed by atoms with Gasteiger partial charge in [0.25, 0.3) is 5.56 Å². The predicted octanol–water partition coefficient (Wildman–Crippen LogP) is 1.84. The third-order valence-corrected chi connectivity index (χ3v) is 3.87. The Morgan fingerprint density at radius 1 is 1.42 bits per heavy atom. The van der Waals surface area contributed by atoms with Crippen LogP contribution in [0.5, 0.6) is 0 Å². The normalized spacial score (nSPS) is 14.5. The molecule has 0 aliphatic rings. The van der Waals surface area contributed by atoms with Crippen LogP contribution in [0.15, 0.2) is 35.3 Å². The van der Waals surface area contributed by atoms with Crippen LogP contribution < -0.4 is 16.6 Å². The second-order valence-electron chi connectivity index (χ2n) is 6.26. The van der Waals surface area contributed by atoms with Crippen molar-refractivity contribution in [2.24, 2.45) is 5.73 Å². The van der Waals surface area contributed by atoms with E-state index in [-0.39, 0.29) is 29.9 Å². The van der Waals surface area contributed by atoms with Crippen LogP contribution in [0.25, 0.3) is 10.8 Å². The first-order chi connectivity index (χ1) is 10.8. The maximum absolute atomic E-state index is 12.4. The van der Waals surface area contributed by atoms with E-state index in [9.17, 15) is 9.59 Å². The summed E-state index contributed by atoms with van der Waals surface area (Å²) in [7, 11) is 0. The van der Waals surface area contributed by atoms with Crippen LogP contribution >= 0.6 is 12.4 Å².